The van der Waals surface area contributed by atoms with Crippen molar-refractivity contribution in [3.8, 4) is 11.8 Å². The van der Waals surface area contributed by atoms with Gasteiger partial charge >= 0.3 is 6.03 Å². The molecule has 1 saturated carbocycles. The second-order valence-corrected chi connectivity index (χ2v) is 5.57. The van der Waals surface area contributed by atoms with Gasteiger partial charge < -0.3 is 15.4 Å². The zero-order valence-corrected chi connectivity index (χ0v) is 12.5. The van der Waals surface area contributed by atoms with Crippen LogP contribution in [0.4, 0.5) is 10.5 Å². The van der Waals surface area contributed by atoms with Crippen LogP contribution in [0.1, 0.15) is 45.1 Å². The second kappa shape index (κ2) is 6.98. The molecule has 1 aliphatic carbocycles. The minimum Gasteiger partial charge on any atom is -0.489 e. The second-order valence-electron chi connectivity index (χ2n) is 5.57. The number of benzene rings is 1. The van der Waals surface area contributed by atoms with E-state index in [4.69, 9.17) is 10.00 Å². The third kappa shape index (κ3) is 4.38. The van der Waals surface area contributed by atoms with Crippen LogP contribution in [0.15, 0.2) is 18.2 Å². The molecule has 0 spiro atoms. The van der Waals surface area contributed by atoms with E-state index >= 15 is 0 Å². The lowest BCUT2D eigenvalue weighted by atomic mass is 10.2. The van der Waals surface area contributed by atoms with Gasteiger partial charge in [0.05, 0.1) is 23.4 Å². The Morgan fingerprint density at radius 1 is 1.38 bits per heavy atom. The van der Waals surface area contributed by atoms with Gasteiger partial charge in [0, 0.05) is 6.04 Å². The van der Waals surface area contributed by atoms with Crippen molar-refractivity contribution in [2.45, 2.75) is 51.7 Å². The van der Waals surface area contributed by atoms with Gasteiger partial charge in [-0.25, -0.2) is 4.79 Å². The van der Waals surface area contributed by atoms with Crippen LogP contribution >= 0.6 is 0 Å². The molecule has 0 atom stereocenters. The number of nitriles is 1. The highest BCUT2D eigenvalue weighted by Gasteiger charge is 2.18. The van der Waals surface area contributed by atoms with Crippen molar-refractivity contribution < 1.29 is 9.53 Å². The van der Waals surface area contributed by atoms with E-state index in [-0.39, 0.29) is 18.2 Å². The molecule has 2 N–H and O–H groups in total. The topological polar surface area (TPSA) is 74.1 Å². The first-order valence-electron chi connectivity index (χ1n) is 7.37. The van der Waals surface area contributed by atoms with Crippen molar-refractivity contribution in [2.24, 2.45) is 0 Å². The molecule has 0 aliphatic heterocycles. The first-order chi connectivity index (χ1) is 10.1. The van der Waals surface area contributed by atoms with Gasteiger partial charge in [-0.15, -0.1) is 0 Å². The minimum absolute atomic E-state index is 0.00335. The number of amides is 2. The number of carbonyl (C=O) groups is 1. The Morgan fingerprint density at radius 2 is 2.10 bits per heavy atom. The summed E-state index contributed by atoms with van der Waals surface area (Å²) in [5.41, 5.74) is 1.01. The number of anilines is 1. The SMILES string of the molecule is CC(C)Oc1ccc(C#N)cc1NC(=O)NC1CCCC1. The molecule has 2 rings (SSSR count). The van der Waals surface area contributed by atoms with Gasteiger partial charge in [-0.05, 0) is 44.9 Å². The van der Waals surface area contributed by atoms with E-state index in [1.54, 1.807) is 18.2 Å². The van der Waals surface area contributed by atoms with Crippen LogP contribution in [0.2, 0.25) is 0 Å². The summed E-state index contributed by atoms with van der Waals surface area (Å²) in [4.78, 5) is 12.0. The normalized spacial score (nSPS) is 14.8. The smallest absolute Gasteiger partial charge is 0.319 e. The third-order valence-electron chi connectivity index (χ3n) is 3.41. The summed E-state index contributed by atoms with van der Waals surface area (Å²) in [6.45, 7) is 3.83. The number of nitrogens with one attached hydrogen (secondary N) is 2. The molecule has 5 heteroatoms. The fourth-order valence-electron chi connectivity index (χ4n) is 2.47. The highest BCUT2D eigenvalue weighted by atomic mass is 16.5. The van der Waals surface area contributed by atoms with Gasteiger partial charge in [0.25, 0.3) is 0 Å². The van der Waals surface area contributed by atoms with Gasteiger partial charge in [0.15, 0.2) is 0 Å². The lowest BCUT2D eigenvalue weighted by Gasteiger charge is -2.17. The molecule has 1 fully saturated rings. The fraction of sp³-hybridized carbons (Fsp3) is 0.500. The highest BCUT2D eigenvalue weighted by Crippen LogP contribution is 2.27. The maximum atomic E-state index is 12.0. The summed E-state index contributed by atoms with van der Waals surface area (Å²) in [7, 11) is 0. The van der Waals surface area contributed by atoms with Crippen LogP contribution in [-0.2, 0) is 0 Å². The highest BCUT2D eigenvalue weighted by molar-refractivity contribution is 5.91. The summed E-state index contributed by atoms with van der Waals surface area (Å²) >= 11 is 0. The summed E-state index contributed by atoms with van der Waals surface area (Å²) < 4.78 is 5.66. The van der Waals surface area contributed by atoms with Crippen molar-refractivity contribution in [2.75, 3.05) is 5.32 Å². The number of hydrogen-bond donors (Lipinski definition) is 2. The van der Waals surface area contributed by atoms with Gasteiger partial charge in [-0.3, -0.25) is 0 Å². The molecule has 2 amide bonds. The van der Waals surface area contributed by atoms with Crippen LogP contribution < -0.4 is 15.4 Å². The lowest BCUT2D eigenvalue weighted by molar-refractivity contribution is 0.241. The number of carbonyl (C=O) groups excluding carboxylic acids is 1. The number of rotatable bonds is 4. The van der Waals surface area contributed by atoms with Crippen molar-refractivity contribution in [1.29, 1.82) is 5.26 Å². The molecule has 0 saturated heterocycles. The first kappa shape index (κ1) is 15.2. The van der Waals surface area contributed by atoms with Crippen molar-refractivity contribution in [1.82, 2.24) is 5.32 Å². The van der Waals surface area contributed by atoms with E-state index in [9.17, 15) is 4.79 Å². The third-order valence-corrected chi connectivity index (χ3v) is 3.41. The Labute approximate surface area is 125 Å². The Bertz CT molecular complexity index is 543. The van der Waals surface area contributed by atoms with Gasteiger partial charge in [-0.1, -0.05) is 12.8 Å². The lowest BCUT2D eigenvalue weighted by Crippen LogP contribution is -2.36. The molecule has 1 aliphatic rings. The molecule has 0 radical (unpaired) electrons. The van der Waals surface area contributed by atoms with Gasteiger partial charge in [0.1, 0.15) is 5.75 Å². The van der Waals surface area contributed by atoms with E-state index in [2.05, 4.69) is 16.7 Å². The summed E-state index contributed by atoms with van der Waals surface area (Å²) in [5.74, 6) is 0.575. The van der Waals surface area contributed by atoms with E-state index in [0.717, 1.165) is 25.7 Å². The number of urea groups is 1. The maximum Gasteiger partial charge on any atom is 0.319 e. The van der Waals surface area contributed by atoms with Crippen LogP contribution in [0.5, 0.6) is 5.75 Å². The monoisotopic (exact) mass is 287 g/mol. The van der Waals surface area contributed by atoms with Gasteiger partial charge in [-0.2, -0.15) is 5.26 Å². The number of hydrogen-bond acceptors (Lipinski definition) is 3. The standard InChI is InChI=1S/C16H21N3O2/c1-11(2)21-15-8-7-12(10-17)9-14(15)19-16(20)18-13-5-3-4-6-13/h7-9,11,13H,3-6H2,1-2H3,(H2,18,19,20). The molecule has 0 bridgehead atoms. The Balaban J connectivity index is 2.08. The van der Waals surface area contributed by atoms with E-state index in [1.807, 2.05) is 13.8 Å². The van der Waals surface area contributed by atoms with E-state index in [0.29, 0.717) is 17.0 Å². The minimum atomic E-state index is -0.245. The molecule has 0 aromatic heterocycles. The largest absolute Gasteiger partial charge is 0.489 e. The maximum absolute atomic E-state index is 12.0. The van der Waals surface area contributed by atoms with Gasteiger partial charge in [0.2, 0.25) is 0 Å². The molecule has 21 heavy (non-hydrogen) atoms. The average molecular weight is 287 g/mol. The molecule has 0 heterocycles. The van der Waals surface area contributed by atoms with Crippen LogP contribution in [0, 0.1) is 11.3 Å². The predicted molar refractivity (Wildman–Crippen MR) is 81.3 cm³/mol. The fourth-order valence-corrected chi connectivity index (χ4v) is 2.47. The Kier molecular flexibility index (Phi) is 5.04. The zero-order chi connectivity index (χ0) is 15.2. The van der Waals surface area contributed by atoms with E-state index in [1.165, 1.54) is 0 Å². The van der Waals surface area contributed by atoms with Crippen LogP contribution in [-0.4, -0.2) is 18.2 Å². The van der Waals surface area contributed by atoms with E-state index < -0.39 is 0 Å². The Hall–Kier alpha value is -2.22. The molecular weight excluding hydrogens is 266 g/mol. The molecule has 1 aromatic rings. The number of ether oxygens (including phenoxy) is 1. The van der Waals surface area contributed by atoms with Crippen molar-refractivity contribution in [3.05, 3.63) is 23.8 Å². The molecule has 5 nitrogen and oxygen atoms in total. The summed E-state index contributed by atoms with van der Waals surface area (Å²) in [6, 6.07) is 7.09. The first-order valence-corrected chi connectivity index (χ1v) is 7.37. The van der Waals surface area contributed by atoms with Crippen molar-refractivity contribution in [3.63, 3.8) is 0 Å². The summed E-state index contributed by atoms with van der Waals surface area (Å²) in [5, 5.41) is 14.7. The van der Waals surface area contributed by atoms with Crippen molar-refractivity contribution >= 4 is 11.7 Å². The number of nitrogens with zero attached hydrogens (tertiary/aromatic N) is 1. The predicted octanol–water partition coefficient (Wildman–Crippen LogP) is 3.41. The summed E-state index contributed by atoms with van der Waals surface area (Å²) in [6.07, 6.45) is 4.38. The van der Waals surface area contributed by atoms with Crippen LogP contribution in [0.25, 0.3) is 0 Å². The molecule has 112 valence electrons. The van der Waals surface area contributed by atoms with Crippen LogP contribution in [0.3, 0.4) is 0 Å². The zero-order valence-electron chi connectivity index (χ0n) is 12.5. The molecular formula is C16H21N3O2. The Morgan fingerprint density at radius 3 is 2.71 bits per heavy atom. The molecule has 0 unspecified atom stereocenters. The quantitative estimate of drug-likeness (QED) is 0.891. The average Bonchev–Trinajstić information content (AvgIpc) is 2.93. The molecule has 1 aromatic carbocycles.